The maximum absolute atomic E-state index is 13.4. The predicted octanol–water partition coefficient (Wildman–Crippen LogP) is 3.56. The van der Waals surface area contributed by atoms with Crippen LogP contribution in [0.5, 0.6) is 11.6 Å². The number of rotatable bonds is 4. The van der Waals surface area contributed by atoms with Crippen molar-refractivity contribution in [2.45, 2.75) is 19.9 Å². The molecule has 0 bridgehead atoms. The summed E-state index contributed by atoms with van der Waals surface area (Å²) in [5.74, 6) is 1.64. The zero-order valence-corrected chi connectivity index (χ0v) is 20.1. The lowest BCUT2D eigenvalue weighted by Crippen LogP contribution is -2.39. The molecule has 1 saturated heterocycles. The maximum atomic E-state index is 13.4. The molecule has 4 aromatic rings. The quantitative estimate of drug-likeness (QED) is 0.436. The second kappa shape index (κ2) is 9.50. The zero-order valence-electron chi connectivity index (χ0n) is 20.1. The largest absolute Gasteiger partial charge is 0.438 e. The van der Waals surface area contributed by atoms with E-state index < -0.39 is 0 Å². The number of carbonyl (C=O) groups excluding carboxylic acids is 1. The third-order valence-electron chi connectivity index (χ3n) is 6.49. The second-order valence-electron chi connectivity index (χ2n) is 8.99. The van der Waals surface area contributed by atoms with Crippen LogP contribution in [0.15, 0.2) is 54.7 Å². The highest BCUT2D eigenvalue weighted by atomic mass is 16.5. The van der Waals surface area contributed by atoms with Gasteiger partial charge in [0.15, 0.2) is 0 Å². The number of hydrogen-bond donors (Lipinski definition) is 0. The van der Waals surface area contributed by atoms with Gasteiger partial charge < -0.3 is 19.3 Å². The molecule has 0 N–H and O–H groups in total. The summed E-state index contributed by atoms with van der Waals surface area (Å²) in [5.41, 5.74) is 4.65. The molecule has 0 aliphatic carbocycles. The molecule has 2 aliphatic rings. The molecular formula is C27H26N6O3. The van der Waals surface area contributed by atoms with Crippen molar-refractivity contribution in [2.75, 3.05) is 37.7 Å². The van der Waals surface area contributed by atoms with Crippen LogP contribution < -0.4 is 9.64 Å². The normalized spacial score (nSPS) is 15.6. The Labute approximate surface area is 208 Å². The first-order chi connectivity index (χ1) is 17.6. The van der Waals surface area contributed by atoms with Crippen LogP contribution in [-0.4, -0.2) is 63.6 Å². The first kappa shape index (κ1) is 22.4. The summed E-state index contributed by atoms with van der Waals surface area (Å²) in [4.78, 5) is 35.9. The van der Waals surface area contributed by atoms with Crippen LogP contribution >= 0.6 is 0 Å². The maximum Gasteiger partial charge on any atom is 0.274 e. The number of morpholine rings is 1. The monoisotopic (exact) mass is 482 g/mol. The zero-order chi connectivity index (χ0) is 24.5. The molecule has 182 valence electrons. The van der Waals surface area contributed by atoms with E-state index in [0.717, 1.165) is 35.4 Å². The number of aromatic nitrogens is 4. The molecule has 2 aromatic heterocycles. The van der Waals surface area contributed by atoms with Gasteiger partial charge in [0.05, 0.1) is 48.2 Å². The molecule has 0 radical (unpaired) electrons. The van der Waals surface area contributed by atoms with Gasteiger partial charge in [-0.1, -0.05) is 29.8 Å². The summed E-state index contributed by atoms with van der Waals surface area (Å²) in [6, 6.07) is 15.4. The van der Waals surface area contributed by atoms with Gasteiger partial charge in [-0.05, 0) is 31.2 Å². The van der Waals surface area contributed by atoms with Gasteiger partial charge in [0, 0.05) is 26.1 Å². The number of nitrogens with zero attached hydrogens (tertiary/aromatic N) is 6. The number of amides is 1. The molecule has 2 aliphatic heterocycles. The van der Waals surface area contributed by atoms with E-state index in [-0.39, 0.29) is 5.91 Å². The summed E-state index contributed by atoms with van der Waals surface area (Å²) in [6.07, 6.45) is 2.15. The number of fused-ring (bicyclic) bond motifs is 2. The third-order valence-corrected chi connectivity index (χ3v) is 6.49. The fraction of sp³-hybridized carbons (Fsp3) is 0.296. The van der Waals surface area contributed by atoms with Gasteiger partial charge in [0.25, 0.3) is 5.91 Å². The number of ether oxygens (including phenoxy) is 2. The Morgan fingerprint density at radius 2 is 1.72 bits per heavy atom. The molecule has 0 spiro atoms. The second-order valence-corrected chi connectivity index (χ2v) is 8.99. The Hall–Kier alpha value is -4.11. The molecule has 0 atom stereocenters. The summed E-state index contributed by atoms with van der Waals surface area (Å²) in [6.45, 7) is 5.65. The van der Waals surface area contributed by atoms with Crippen molar-refractivity contribution in [3.8, 4) is 11.6 Å². The van der Waals surface area contributed by atoms with Gasteiger partial charge in [-0.25, -0.2) is 9.97 Å². The molecule has 1 fully saturated rings. The lowest BCUT2D eigenvalue weighted by molar-refractivity contribution is 0.0725. The molecule has 1 amide bonds. The van der Waals surface area contributed by atoms with Crippen molar-refractivity contribution in [1.82, 2.24) is 24.8 Å². The minimum atomic E-state index is -0.169. The summed E-state index contributed by atoms with van der Waals surface area (Å²) >= 11 is 0. The lowest BCUT2D eigenvalue weighted by atomic mass is 10.1. The smallest absolute Gasteiger partial charge is 0.274 e. The number of anilines is 1. The van der Waals surface area contributed by atoms with Crippen LogP contribution in [0, 0.1) is 6.92 Å². The highest BCUT2D eigenvalue weighted by Crippen LogP contribution is 2.32. The van der Waals surface area contributed by atoms with Gasteiger partial charge in [-0.15, -0.1) is 0 Å². The van der Waals surface area contributed by atoms with Crippen molar-refractivity contribution < 1.29 is 14.3 Å². The average Bonchev–Trinajstić information content (AvgIpc) is 2.94. The van der Waals surface area contributed by atoms with Crippen molar-refractivity contribution in [3.63, 3.8) is 0 Å². The van der Waals surface area contributed by atoms with E-state index in [9.17, 15) is 4.79 Å². The van der Waals surface area contributed by atoms with Gasteiger partial charge >= 0.3 is 0 Å². The fourth-order valence-corrected chi connectivity index (χ4v) is 4.47. The molecule has 9 heteroatoms. The van der Waals surface area contributed by atoms with Crippen molar-refractivity contribution >= 4 is 22.9 Å². The highest BCUT2D eigenvalue weighted by molar-refractivity contribution is 5.94. The number of hydrogen-bond acceptors (Lipinski definition) is 8. The number of para-hydroxylation sites is 2. The fourth-order valence-electron chi connectivity index (χ4n) is 4.47. The van der Waals surface area contributed by atoms with E-state index in [1.165, 1.54) is 0 Å². The van der Waals surface area contributed by atoms with E-state index in [1.54, 1.807) is 11.1 Å². The lowest BCUT2D eigenvalue weighted by Gasteiger charge is -2.31. The first-order valence-electron chi connectivity index (χ1n) is 12.1. The molecule has 6 rings (SSSR count). The van der Waals surface area contributed by atoms with Crippen LogP contribution in [0.1, 0.15) is 27.3 Å². The average molecular weight is 483 g/mol. The van der Waals surface area contributed by atoms with Crippen LogP contribution in [0.4, 0.5) is 5.95 Å². The first-order valence-corrected chi connectivity index (χ1v) is 12.1. The van der Waals surface area contributed by atoms with Gasteiger partial charge in [-0.3, -0.25) is 9.78 Å². The molecular weight excluding hydrogens is 456 g/mol. The molecule has 0 unspecified atom stereocenters. The van der Waals surface area contributed by atoms with Crippen LogP contribution in [-0.2, 0) is 17.7 Å². The number of carbonyl (C=O) groups is 1. The summed E-state index contributed by atoms with van der Waals surface area (Å²) < 4.78 is 11.8. The number of benzene rings is 2. The standard InChI is InChI=1S/C27H26N6O3/c1-18-6-8-19(9-7-18)36-25-20-17-33(26(34)24-16-28-22-4-2-3-5-23(22)29-24)11-10-21(20)30-27(31-25)32-12-14-35-15-13-32/h2-9,16H,10-15,17H2,1H3. The molecule has 9 nitrogen and oxygen atoms in total. The predicted molar refractivity (Wildman–Crippen MR) is 134 cm³/mol. The van der Waals surface area contributed by atoms with Crippen molar-refractivity contribution in [3.05, 3.63) is 77.2 Å². The van der Waals surface area contributed by atoms with Gasteiger partial charge in [0.1, 0.15) is 11.4 Å². The molecule has 36 heavy (non-hydrogen) atoms. The Bertz CT molecular complexity index is 1420. The van der Waals surface area contributed by atoms with Crippen molar-refractivity contribution in [1.29, 1.82) is 0 Å². The summed E-state index contributed by atoms with van der Waals surface area (Å²) in [5, 5.41) is 0. The Morgan fingerprint density at radius 1 is 0.944 bits per heavy atom. The minimum absolute atomic E-state index is 0.169. The van der Waals surface area contributed by atoms with Crippen LogP contribution in [0.3, 0.4) is 0 Å². The number of aryl methyl sites for hydroxylation is 1. The third kappa shape index (κ3) is 4.45. The SMILES string of the molecule is Cc1ccc(Oc2nc(N3CCOCC3)nc3c2CN(C(=O)c2cnc4ccccc4n2)CC3)cc1. The molecule has 0 saturated carbocycles. The van der Waals surface area contributed by atoms with E-state index in [2.05, 4.69) is 14.9 Å². The van der Waals surface area contributed by atoms with Crippen molar-refractivity contribution in [2.24, 2.45) is 0 Å². The van der Waals surface area contributed by atoms with E-state index in [1.807, 2.05) is 55.5 Å². The van der Waals surface area contributed by atoms with E-state index >= 15 is 0 Å². The molecule has 2 aromatic carbocycles. The van der Waals surface area contributed by atoms with E-state index in [4.69, 9.17) is 19.4 Å². The Morgan fingerprint density at radius 3 is 2.53 bits per heavy atom. The topological polar surface area (TPSA) is 93.6 Å². The Kier molecular flexibility index (Phi) is 5.90. The van der Waals surface area contributed by atoms with E-state index in [0.29, 0.717) is 61.5 Å². The van der Waals surface area contributed by atoms with Crippen LogP contribution in [0.2, 0.25) is 0 Å². The Balaban J connectivity index is 1.33. The summed E-state index contributed by atoms with van der Waals surface area (Å²) in [7, 11) is 0. The minimum Gasteiger partial charge on any atom is -0.438 e. The van der Waals surface area contributed by atoms with Crippen LogP contribution in [0.25, 0.3) is 11.0 Å². The highest BCUT2D eigenvalue weighted by Gasteiger charge is 2.29. The molecule has 4 heterocycles. The van der Waals surface area contributed by atoms with Gasteiger partial charge in [-0.2, -0.15) is 4.98 Å². The van der Waals surface area contributed by atoms with Gasteiger partial charge in [0.2, 0.25) is 11.8 Å².